The van der Waals surface area contributed by atoms with Gasteiger partial charge in [-0.2, -0.15) is 0 Å². The average Bonchev–Trinajstić information content (AvgIpc) is 2.20. The second-order valence-electron chi connectivity index (χ2n) is 2.46. The Hall–Kier alpha value is -1.10. The number of rotatable bonds is 2. The van der Waals surface area contributed by atoms with E-state index >= 15 is 0 Å². The molecular weight excluding hydrogens is 255 g/mol. The van der Waals surface area contributed by atoms with E-state index in [-0.39, 0.29) is 10.0 Å². The zero-order valence-corrected chi connectivity index (χ0v) is 9.22. The number of halogens is 2. The van der Waals surface area contributed by atoms with Crippen molar-refractivity contribution < 1.29 is 18.7 Å². The van der Waals surface area contributed by atoms with Crippen molar-refractivity contribution in [3.05, 3.63) is 28.0 Å². The lowest BCUT2D eigenvalue weighted by molar-refractivity contribution is 0.0595. The SMILES string of the molecule is COC(=O)c1cc(OC)cc(Br)c1F. The number of hydrogen-bond acceptors (Lipinski definition) is 3. The van der Waals surface area contributed by atoms with Crippen LogP contribution in [0, 0.1) is 5.82 Å². The zero-order valence-electron chi connectivity index (χ0n) is 7.64. The van der Waals surface area contributed by atoms with Gasteiger partial charge in [0.1, 0.15) is 11.3 Å². The van der Waals surface area contributed by atoms with Crippen molar-refractivity contribution in [2.45, 2.75) is 0 Å². The Kier molecular flexibility index (Phi) is 3.46. The van der Waals surface area contributed by atoms with Crippen LogP contribution >= 0.6 is 15.9 Å². The summed E-state index contributed by atoms with van der Waals surface area (Å²) in [6.45, 7) is 0. The first kappa shape index (κ1) is 11.0. The molecule has 0 spiro atoms. The molecule has 5 heteroatoms. The van der Waals surface area contributed by atoms with Gasteiger partial charge >= 0.3 is 5.97 Å². The molecule has 0 atom stereocenters. The molecule has 0 bridgehead atoms. The van der Waals surface area contributed by atoms with Crippen molar-refractivity contribution in [2.24, 2.45) is 0 Å². The molecule has 0 heterocycles. The second-order valence-corrected chi connectivity index (χ2v) is 3.32. The maximum atomic E-state index is 13.4. The van der Waals surface area contributed by atoms with Crippen LogP contribution in [0.5, 0.6) is 5.75 Å². The van der Waals surface area contributed by atoms with Crippen molar-refractivity contribution in [1.29, 1.82) is 0 Å². The molecule has 0 fully saturated rings. The maximum Gasteiger partial charge on any atom is 0.341 e. The van der Waals surface area contributed by atoms with Crippen LogP contribution < -0.4 is 4.74 Å². The lowest BCUT2D eigenvalue weighted by Gasteiger charge is -2.06. The summed E-state index contributed by atoms with van der Waals surface area (Å²) in [6, 6.07) is 2.72. The molecule has 1 aromatic carbocycles. The summed E-state index contributed by atoms with van der Waals surface area (Å²) in [6.07, 6.45) is 0. The summed E-state index contributed by atoms with van der Waals surface area (Å²) in [4.78, 5) is 11.1. The molecule has 0 aliphatic carbocycles. The van der Waals surface area contributed by atoms with Crippen molar-refractivity contribution in [1.82, 2.24) is 0 Å². The molecule has 0 saturated carbocycles. The van der Waals surface area contributed by atoms with E-state index in [9.17, 15) is 9.18 Å². The Balaban J connectivity index is 3.27. The minimum atomic E-state index is -0.734. The topological polar surface area (TPSA) is 35.5 Å². The van der Waals surface area contributed by atoms with E-state index in [0.29, 0.717) is 5.75 Å². The predicted octanol–water partition coefficient (Wildman–Crippen LogP) is 2.38. The first-order chi connectivity index (χ1) is 6.60. The van der Waals surface area contributed by atoms with Crippen LogP contribution in [0.2, 0.25) is 0 Å². The van der Waals surface area contributed by atoms with E-state index in [1.165, 1.54) is 26.4 Å². The number of hydrogen-bond donors (Lipinski definition) is 0. The van der Waals surface area contributed by atoms with Crippen LogP contribution in [-0.4, -0.2) is 20.2 Å². The highest BCUT2D eigenvalue weighted by Crippen LogP contribution is 2.25. The van der Waals surface area contributed by atoms with Gasteiger partial charge < -0.3 is 9.47 Å². The quantitative estimate of drug-likeness (QED) is 0.768. The van der Waals surface area contributed by atoms with Gasteiger partial charge in [0, 0.05) is 0 Å². The normalized spacial score (nSPS) is 9.71. The van der Waals surface area contributed by atoms with E-state index in [4.69, 9.17) is 4.74 Å². The minimum absolute atomic E-state index is 0.154. The standard InChI is InChI=1S/C9H8BrFO3/c1-13-5-3-6(9(12)14-2)8(11)7(10)4-5/h3-4H,1-2H3. The van der Waals surface area contributed by atoms with Crippen molar-refractivity contribution in [2.75, 3.05) is 14.2 Å². The predicted molar refractivity (Wildman–Crippen MR) is 52.0 cm³/mol. The van der Waals surface area contributed by atoms with Crippen LogP contribution in [0.1, 0.15) is 10.4 Å². The number of ether oxygens (including phenoxy) is 2. The van der Waals surface area contributed by atoms with Gasteiger partial charge in [-0.1, -0.05) is 0 Å². The lowest BCUT2D eigenvalue weighted by Crippen LogP contribution is -2.05. The van der Waals surface area contributed by atoms with Gasteiger partial charge in [0.25, 0.3) is 0 Å². The van der Waals surface area contributed by atoms with Gasteiger partial charge in [-0.15, -0.1) is 0 Å². The smallest absolute Gasteiger partial charge is 0.341 e. The Morgan fingerprint density at radius 2 is 2.07 bits per heavy atom. The molecular formula is C9H8BrFO3. The Bertz CT molecular complexity index is 365. The van der Waals surface area contributed by atoms with E-state index in [0.717, 1.165) is 0 Å². The second kappa shape index (κ2) is 4.41. The first-order valence-corrected chi connectivity index (χ1v) is 4.50. The molecule has 3 nitrogen and oxygen atoms in total. The largest absolute Gasteiger partial charge is 0.497 e. The lowest BCUT2D eigenvalue weighted by atomic mass is 10.2. The zero-order chi connectivity index (χ0) is 10.7. The van der Waals surface area contributed by atoms with Crippen molar-refractivity contribution in [3.63, 3.8) is 0 Å². The molecule has 1 aromatic rings. The molecule has 0 aromatic heterocycles. The maximum absolute atomic E-state index is 13.4. The van der Waals surface area contributed by atoms with Crippen LogP contribution in [0.25, 0.3) is 0 Å². The van der Waals surface area contributed by atoms with Crippen molar-refractivity contribution in [3.8, 4) is 5.75 Å². The highest BCUT2D eigenvalue weighted by molar-refractivity contribution is 9.10. The molecule has 0 saturated heterocycles. The van der Waals surface area contributed by atoms with Gasteiger partial charge in [0.15, 0.2) is 5.82 Å². The molecule has 0 N–H and O–H groups in total. The summed E-state index contributed by atoms with van der Waals surface area (Å²) in [5.74, 6) is -1.00. The third-order valence-corrected chi connectivity index (χ3v) is 2.22. The monoisotopic (exact) mass is 262 g/mol. The number of carbonyl (C=O) groups excluding carboxylic acids is 1. The first-order valence-electron chi connectivity index (χ1n) is 3.71. The molecule has 0 aliphatic rings. The number of benzene rings is 1. The summed E-state index contributed by atoms with van der Waals surface area (Å²) >= 11 is 2.97. The molecule has 0 radical (unpaired) electrons. The summed E-state index contributed by atoms with van der Waals surface area (Å²) in [5.41, 5.74) is -0.154. The van der Waals surface area contributed by atoms with Gasteiger partial charge in [-0.3, -0.25) is 0 Å². The van der Waals surface area contributed by atoms with E-state index in [1.807, 2.05) is 0 Å². The Labute approximate surface area is 88.9 Å². The van der Waals surface area contributed by atoms with Gasteiger partial charge in [-0.05, 0) is 28.1 Å². The van der Waals surface area contributed by atoms with E-state index in [2.05, 4.69) is 20.7 Å². The molecule has 0 amide bonds. The fraction of sp³-hybridized carbons (Fsp3) is 0.222. The van der Waals surface area contributed by atoms with Crippen LogP contribution in [0.15, 0.2) is 16.6 Å². The Morgan fingerprint density at radius 1 is 1.43 bits per heavy atom. The van der Waals surface area contributed by atoms with E-state index in [1.54, 1.807) is 0 Å². The molecule has 1 rings (SSSR count). The Morgan fingerprint density at radius 3 is 2.57 bits per heavy atom. The fourth-order valence-corrected chi connectivity index (χ4v) is 1.38. The molecule has 0 unspecified atom stereocenters. The summed E-state index contributed by atoms with van der Waals surface area (Å²) in [7, 11) is 2.62. The molecule has 76 valence electrons. The van der Waals surface area contributed by atoms with E-state index < -0.39 is 11.8 Å². The van der Waals surface area contributed by atoms with Gasteiger partial charge in [-0.25, -0.2) is 9.18 Å². The third-order valence-electron chi connectivity index (χ3n) is 1.64. The van der Waals surface area contributed by atoms with Crippen LogP contribution in [-0.2, 0) is 4.74 Å². The van der Waals surface area contributed by atoms with Gasteiger partial charge in [0.2, 0.25) is 0 Å². The van der Waals surface area contributed by atoms with Gasteiger partial charge in [0.05, 0.1) is 18.7 Å². The summed E-state index contributed by atoms with van der Waals surface area (Å²) in [5, 5.41) is 0. The van der Waals surface area contributed by atoms with Crippen LogP contribution in [0.4, 0.5) is 4.39 Å². The van der Waals surface area contributed by atoms with Crippen LogP contribution in [0.3, 0.4) is 0 Å². The summed E-state index contributed by atoms with van der Waals surface area (Å²) < 4.78 is 22.8. The number of carbonyl (C=O) groups is 1. The minimum Gasteiger partial charge on any atom is -0.497 e. The molecule has 0 aliphatic heterocycles. The molecule has 14 heavy (non-hydrogen) atoms. The number of methoxy groups -OCH3 is 2. The highest BCUT2D eigenvalue weighted by Gasteiger charge is 2.16. The fourth-order valence-electron chi connectivity index (χ4n) is 0.941. The average molecular weight is 263 g/mol. The number of esters is 1. The van der Waals surface area contributed by atoms with Crippen molar-refractivity contribution >= 4 is 21.9 Å². The third kappa shape index (κ3) is 2.04. The highest BCUT2D eigenvalue weighted by atomic mass is 79.9.